The van der Waals surface area contributed by atoms with Gasteiger partial charge in [0.2, 0.25) is 5.95 Å². The van der Waals surface area contributed by atoms with Crippen molar-refractivity contribution < 1.29 is 9.66 Å². The van der Waals surface area contributed by atoms with Gasteiger partial charge in [0.05, 0.1) is 4.92 Å². The Hall–Kier alpha value is -3.83. The van der Waals surface area contributed by atoms with Crippen LogP contribution in [0.15, 0.2) is 47.5 Å². The van der Waals surface area contributed by atoms with Gasteiger partial charge in [-0.2, -0.15) is 4.98 Å². The molecule has 4 heterocycles. The Morgan fingerprint density at radius 1 is 1.18 bits per heavy atom. The molecule has 0 atom stereocenters. The molecule has 0 radical (unpaired) electrons. The minimum absolute atomic E-state index is 0.0893. The standard InChI is InChI=1S/C21H18ClN7O4/c22-13-1-2-16(29(31)32)15(11-13)24-20-25-17(12-3-7-23-8-4-12)18-19(27-20)28(21(30)26-18)14-5-9-33-10-6-14/h1-4,7-8,11,14H,5-6,9-10H2,(H,26,30)(H,24,25,27). The Bertz CT molecular complexity index is 1400. The largest absolute Gasteiger partial charge is 0.381 e. The predicted octanol–water partition coefficient (Wildman–Crippen LogP) is 3.84. The van der Waals surface area contributed by atoms with Gasteiger partial charge in [-0.15, -0.1) is 0 Å². The third-order valence-electron chi connectivity index (χ3n) is 5.48. The lowest BCUT2D eigenvalue weighted by Gasteiger charge is -2.23. The number of rotatable bonds is 5. The van der Waals surface area contributed by atoms with Crippen molar-refractivity contribution in [2.45, 2.75) is 18.9 Å². The van der Waals surface area contributed by atoms with Crippen LogP contribution in [0.2, 0.25) is 5.02 Å². The molecule has 3 aromatic heterocycles. The first kappa shape index (κ1) is 21.0. The van der Waals surface area contributed by atoms with E-state index in [1.165, 1.54) is 18.2 Å². The number of anilines is 2. The van der Waals surface area contributed by atoms with E-state index in [0.29, 0.717) is 53.5 Å². The molecule has 1 saturated heterocycles. The predicted molar refractivity (Wildman–Crippen MR) is 122 cm³/mol. The number of ether oxygens (including phenoxy) is 1. The SMILES string of the molecule is O=c1[nH]c2c(-c3ccncc3)nc(Nc3cc(Cl)ccc3[N+](=O)[O-])nc2n1C1CCOCC1. The fraction of sp³-hybridized carbons (Fsp3) is 0.238. The number of nitrogens with zero attached hydrogens (tertiary/aromatic N) is 5. The summed E-state index contributed by atoms with van der Waals surface area (Å²) in [6, 6.07) is 7.61. The summed E-state index contributed by atoms with van der Waals surface area (Å²) in [5, 5.41) is 14.7. The van der Waals surface area contributed by atoms with Gasteiger partial charge in [-0.1, -0.05) is 11.6 Å². The molecule has 2 N–H and O–H groups in total. The molecule has 0 bridgehead atoms. The highest BCUT2D eigenvalue weighted by molar-refractivity contribution is 6.31. The second-order valence-corrected chi connectivity index (χ2v) is 7.95. The van der Waals surface area contributed by atoms with Crippen molar-refractivity contribution in [2.24, 2.45) is 0 Å². The van der Waals surface area contributed by atoms with Gasteiger partial charge in [-0.25, -0.2) is 9.78 Å². The quantitative estimate of drug-likeness (QED) is 0.333. The lowest BCUT2D eigenvalue weighted by Crippen LogP contribution is -2.27. The average Bonchev–Trinajstić information content (AvgIpc) is 3.15. The Morgan fingerprint density at radius 2 is 1.94 bits per heavy atom. The molecule has 1 aliphatic rings. The second-order valence-electron chi connectivity index (χ2n) is 7.52. The van der Waals surface area contributed by atoms with E-state index in [0.717, 1.165) is 0 Å². The number of aromatic amines is 1. The third-order valence-corrected chi connectivity index (χ3v) is 5.72. The third kappa shape index (κ3) is 4.03. The van der Waals surface area contributed by atoms with Gasteiger partial charge in [0.15, 0.2) is 5.65 Å². The molecule has 0 amide bonds. The van der Waals surface area contributed by atoms with E-state index in [2.05, 4.69) is 25.3 Å². The van der Waals surface area contributed by atoms with Crippen LogP contribution in [0.5, 0.6) is 0 Å². The molecule has 12 heteroatoms. The molecule has 0 aliphatic carbocycles. The molecular formula is C21H18ClN7O4. The van der Waals surface area contributed by atoms with Crippen LogP contribution in [0.4, 0.5) is 17.3 Å². The number of nitro groups is 1. The molecule has 1 fully saturated rings. The highest BCUT2D eigenvalue weighted by Crippen LogP contribution is 2.32. The molecular weight excluding hydrogens is 450 g/mol. The van der Waals surface area contributed by atoms with Crippen molar-refractivity contribution in [2.75, 3.05) is 18.5 Å². The van der Waals surface area contributed by atoms with E-state index in [9.17, 15) is 14.9 Å². The number of nitrogens with one attached hydrogen (secondary N) is 2. The number of H-pyrrole nitrogens is 1. The van der Waals surface area contributed by atoms with Crippen molar-refractivity contribution >= 4 is 40.1 Å². The number of pyridine rings is 1. The lowest BCUT2D eigenvalue weighted by atomic mass is 10.1. The number of hydrogen-bond acceptors (Lipinski definition) is 8. The van der Waals surface area contributed by atoms with Crippen LogP contribution >= 0.6 is 11.6 Å². The number of halogens is 1. The van der Waals surface area contributed by atoms with Crippen LogP contribution in [-0.2, 0) is 4.74 Å². The minimum Gasteiger partial charge on any atom is -0.381 e. The summed E-state index contributed by atoms with van der Waals surface area (Å²) in [6.07, 6.45) is 4.57. The van der Waals surface area contributed by atoms with Crippen LogP contribution in [0.25, 0.3) is 22.4 Å². The fourth-order valence-corrected chi connectivity index (χ4v) is 4.12. The summed E-state index contributed by atoms with van der Waals surface area (Å²) in [4.78, 5) is 40.0. The number of fused-ring (bicyclic) bond motifs is 1. The maximum Gasteiger partial charge on any atom is 0.327 e. The van der Waals surface area contributed by atoms with Crippen LogP contribution in [0.3, 0.4) is 0 Å². The summed E-state index contributed by atoms with van der Waals surface area (Å²) in [6.45, 7) is 1.10. The maximum absolute atomic E-state index is 12.9. The normalized spacial score (nSPS) is 14.5. The second kappa shape index (κ2) is 8.60. The van der Waals surface area contributed by atoms with Crippen molar-refractivity contribution in [1.82, 2.24) is 24.5 Å². The Morgan fingerprint density at radius 3 is 2.67 bits per heavy atom. The summed E-state index contributed by atoms with van der Waals surface area (Å²) in [5.74, 6) is 0.0967. The zero-order valence-electron chi connectivity index (χ0n) is 17.2. The smallest absolute Gasteiger partial charge is 0.327 e. The van der Waals surface area contributed by atoms with Gasteiger partial charge in [0.1, 0.15) is 16.9 Å². The van der Waals surface area contributed by atoms with Gasteiger partial charge >= 0.3 is 5.69 Å². The van der Waals surface area contributed by atoms with Crippen LogP contribution in [0.1, 0.15) is 18.9 Å². The average molecular weight is 468 g/mol. The zero-order valence-corrected chi connectivity index (χ0v) is 18.0. The highest BCUT2D eigenvalue weighted by Gasteiger charge is 2.24. The number of aromatic nitrogens is 5. The monoisotopic (exact) mass is 467 g/mol. The molecule has 5 rings (SSSR count). The van der Waals surface area contributed by atoms with E-state index in [1.807, 2.05) is 0 Å². The fourth-order valence-electron chi connectivity index (χ4n) is 3.95. The lowest BCUT2D eigenvalue weighted by molar-refractivity contribution is -0.383. The van der Waals surface area contributed by atoms with Crippen molar-refractivity contribution in [3.05, 3.63) is 68.3 Å². The molecule has 0 spiro atoms. The summed E-state index contributed by atoms with van der Waals surface area (Å²) >= 11 is 6.07. The molecule has 1 aliphatic heterocycles. The van der Waals surface area contributed by atoms with Crippen LogP contribution in [0, 0.1) is 10.1 Å². The van der Waals surface area contributed by atoms with E-state index < -0.39 is 4.92 Å². The van der Waals surface area contributed by atoms with Gasteiger partial charge in [0, 0.05) is 48.3 Å². The molecule has 33 heavy (non-hydrogen) atoms. The topological polar surface area (TPSA) is 141 Å². The van der Waals surface area contributed by atoms with Gasteiger partial charge in [-0.05, 0) is 37.1 Å². The highest BCUT2D eigenvalue weighted by atomic mass is 35.5. The molecule has 11 nitrogen and oxygen atoms in total. The Kier molecular flexibility index (Phi) is 5.48. The Labute approximate surface area is 191 Å². The molecule has 0 unspecified atom stereocenters. The maximum atomic E-state index is 12.9. The van der Waals surface area contributed by atoms with Crippen LogP contribution < -0.4 is 11.0 Å². The zero-order chi connectivity index (χ0) is 22.9. The first-order valence-corrected chi connectivity index (χ1v) is 10.6. The number of nitro benzene ring substituents is 1. The number of imidazole rings is 1. The van der Waals surface area contributed by atoms with Crippen LogP contribution in [-0.4, -0.2) is 42.6 Å². The van der Waals surface area contributed by atoms with Crippen molar-refractivity contribution in [3.8, 4) is 11.3 Å². The van der Waals surface area contributed by atoms with E-state index in [4.69, 9.17) is 16.3 Å². The summed E-state index contributed by atoms with van der Waals surface area (Å²) < 4.78 is 7.05. The molecule has 168 valence electrons. The van der Waals surface area contributed by atoms with Crippen molar-refractivity contribution in [3.63, 3.8) is 0 Å². The first-order valence-electron chi connectivity index (χ1n) is 10.2. The number of hydrogen-bond donors (Lipinski definition) is 2. The van der Waals surface area contributed by atoms with E-state index in [-0.39, 0.29) is 29.1 Å². The Balaban J connectivity index is 1.71. The molecule has 4 aromatic rings. The van der Waals surface area contributed by atoms with E-state index in [1.54, 1.807) is 29.1 Å². The van der Waals surface area contributed by atoms with Gasteiger partial charge in [0.25, 0.3) is 5.69 Å². The van der Waals surface area contributed by atoms with E-state index >= 15 is 0 Å². The van der Waals surface area contributed by atoms with Gasteiger partial charge < -0.3 is 15.0 Å². The molecule has 0 saturated carbocycles. The summed E-state index contributed by atoms with van der Waals surface area (Å²) in [7, 11) is 0. The first-order chi connectivity index (χ1) is 16.0. The van der Waals surface area contributed by atoms with Crippen molar-refractivity contribution in [1.29, 1.82) is 0 Å². The number of benzene rings is 1. The van der Waals surface area contributed by atoms with Gasteiger partial charge in [-0.3, -0.25) is 19.7 Å². The minimum atomic E-state index is -0.519. The molecule has 1 aromatic carbocycles. The summed E-state index contributed by atoms with van der Waals surface area (Å²) in [5.41, 5.74) is 1.73.